The summed E-state index contributed by atoms with van der Waals surface area (Å²) in [5.74, 6) is -0.401. The number of hydrogen-bond acceptors (Lipinski definition) is 4. The molecule has 1 amide bonds. The summed E-state index contributed by atoms with van der Waals surface area (Å²) in [6.45, 7) is 6.61. The van der Waals surface area contributed by atoms with E-state index < -0.39 is 6.04 Å². The maximum absolute atomic E-state index is 12.7. The van der Waals surface area contributed by atoms with Gasteiger partial charge in [0.15, 0.2) is 5.11 Å². The van der Waals surface area contributed by atoms with Gasteiger partial charge in [0.05, 0.1) is 18.2 Å². The molecule has 0 saturated heterocycles. The van der Waals surface area contributed by atoms with Crippen molar-refractivity contribution in [3.8, 4) is 0 Å². The van der Waals surface area contributed by atoms with Gasteiger partial charge < -0.3 is 20.3 Å². The van der Waals surface area contributed by atoms with E-state index in [0.717, 1.165) is 16.8 Å². The van der Waals surface area contributed by atoms with Gasteiger partial charge in [-0.15, -0.1) is 0 Å². The van der Waals surface area contributed by atoms with Crippen LogP contribution in [-0.4, -0.2) is 35.0 Å². The fraction of sp³-hybridized carbons (Fsp3) is 0.320. The fourth-order valence-corrected chi connectivity index (χ4v) is 4.15. The molecule has 1 heterocycles. The van der Waals surface area contributed by atoms with Crippen molar-refractivity contribution >= 4 is 34.9 Å². The van der Waals surface area contributed by atoms with Gasteiger partial charge in [-0.2, -0.15) is 0 Å². The summed E-state index contributed by atoms with van der Waals surface area (Å²) in [7, 11) is 0. The van der Waals surface area contributed by atoms with Crippen molar-refractivity contribution < 1.29 is 14.3 Å². The average Bonchev–Trinajstić information content (AvgIpc) is 2.79. The summed E-state index contributed by atoms with van der Waals surface area (Å²) < 4.78 is 5.31. The number of carbonyl (C=O) groups is 2. The number of hydrogen-bond donors (Lipinski definition) is 2. The van der Waals surface area contributed by atoms with Crippen molar-refractivity contribution in [2.45, 2.75) is 39.7 Å². The van der Waals surface area contributed by atoms with Crippen LogP contribution in [0.15, 0.2) is 65.9 Å². The number of carbonyl (C=O) groups excluding carboxylic acids is 2. The zero-order chi connectivity index (χ0) is 23.1. The molecule has 0 spiro atoms. The highest BCUT2D eigenvalue weighted by Gasteiger charge is 2.34. The Bertz CT molecular complexity index is 1000. The summed E-state index contributed by atoms with van der Waals surface area (Å²) in [5, 5.41) is 6.77. The van der Waals surface area contributed by atoms with E-state index in [-0.39, 0.29) is 11.9 Å². The van der Waals surface area contributed by atoms with Crippen LogP contribution >= 0.6 is 12.2 Å². The standard InChI is InChI=1S/C25H29N3O3S/c1-4-28-17(3)22(24(30)31-5-2)23(27-25(28)32)19-12-14-20(15-13-19)26-21(29)16-11-18-9-7-6-8-10-18/h6-10,12-15,23H,4-5,11,16H2,1-3H3,(H,26,29)(H,27,32). The van der Waals surface area contributed by atoms with E-state index in [4.69, 9.17) is 17.0 Å². The van der Waals surface area contributed by atoms with Crippen LogP contribution in [0.25, 0.3) is 0 Å². The lowest BCUT2D eigenvalue weighted by Gasteiger charge is -2.37. The molecule has 1 aliphatic rings. The molecule has 168 valence electrons. The number of anilines is 1. The molecule has 32 heavy (non-hydrogen) atoms. The second kappa shape index (κ2) is 10.9. The molecular formula is C25H29N3O3S. The normalized spacial score (nSPS) is 15.9. The first-order valence-electron chi connectivity index (χ1n) is 10.8. The number of nitrogens with zero attached hydrogens (tertiary/aromatic N) is 1. The van der Waals surface area contributed by atoms with Gasteiger partial charge in [0, 0.05) is 24.4 Å². The Morgan fingerprint density at radius 1 is 1.09 bits per heavy atom. The van der Waals surface area contributed by atoms with E-state index in [9.17, 15) is 9.59 Å². The molecule has 0 aliphatic carbocycles. The molecule has 0 fully saturated rings. The number of benzene rings is 2. The van der Waals surface area contributed by atoms with Gasteiger partial charge in [-0.1, -0.05) is 42.5 Å². The third-order valence-corrected chi connectivity index (χ3v) is 5.76. The quantitative estimate of drug-likeness (QED) is 0.459. The van der Waals surface area contributed by atoms with Gasteiger partial charge in [-0.3, -0.25) is 4.79 Å². The van der Waals surface area contributed by atoms with E-state index in [1.807, 2.05) is 73.3 Å². The van der Waals surface area contributed by atoms with Crippen LogP contribution in [0.5, 0.6) is 0 Å². The molecule has 2 aromatic rings. The van der Waals surface area contributed by atoms with Crippen molar-refractivity contribution in [1.82, 2.24) is 10.2 Å². The largest absolute Gasteiger partial charge is 0.463 e. The van der Waals surface area contributed by atoms with E-state index in [1.54, 1.807) is 6.92 Å². The average molecular weight is 452 g/mol. The van der Waals surface area contributed by atoms with Crippen molar-refractivity contribution in [1.29, 1.82) is 0 Å². The number of nitrogens with one attached hydrogen (secondary N) is 2. The second-order valence-corrected chi connectivity index (χ2v) is 7.89. The lowest BCUT2D eigenvalue weighted by atomic mass is 9.95. The van der Waals surface area contributed by atoms with Gasteiger partial charge in [0.1, 0.15) is 0 Å². The number of ether oxygens (including phenoxy) is 1. The lowest BCUT2D eigenvalue weighted by molar-refractivity contribution is -0.139. The summed E-state index contributed by atoms with van der Waals surface area (Å²) in [6.07, 6.45) is 1.10. The maximum Gasteiger partial charge on any atom is 0.338 e. The minimum Gasteiger partial charge on any atom is -0.463 e. The zero-order valence-corrected chi connectivity index (χ0v) is 19.5. The van der Waals surface area contributed by atoms with Crippen LogP contribution in [0.2, 0.25) is 0 Å². The zero-order valence-electron chi connectivity index (χ0n) is 18.7. The fourth-order valence-electron chi connectivity index (χ4n) is 3.77. The second-order valence-electron chi connectivity index (χ2n) is 7.50. The van der Waals surface area contributed by atoms with Crippen LogP contribution in [0, 0.1) is 0 Å². The number of aryl methyl sites for hydroxylation is 1. The van der Waals surface area contributed by atoms with Crippen LogP contribution < -0.4 is 10.6 Å². The Morgan fingerprint density at radius 3 is 2.41 bits per heavy atom. The first kappa shape index (κ1) is 23.5. The van der Waals surface area contributed by atoms with E-state index in [0.29, 0.717) is 42.4 Å². The molecule has 0 bridgehead atoms. The molecule has 1 aliphatic heterocycles. The molecule has 1 unspecified atom stereocenters. The summed E-state index contributed by atoms with van der Waals surface area (Å²) >= 11 is 5.51. The highest BCUT2D eigenvalue weighted by atomic mass is 32.1. The van der Waals surface area contributed by atoms with Gasteiger partial charge in [-0.05, 0) is 62.7 Å². The van der Waals surface area contributed by atoms with Gasteiger partial charge >= 0.3 is 5.97 Å². The van der Waals surface area contributed by atoms with Crippen molar-refractivity contribution in [2.24, 2.45) is 0 Å². The SMILES string of the molecule is CCOC(=O)C1=C(C)N(CC)C(=S)NC1c1ccc(NC(=O)CCc2ccccc2)cc1. The Morgan fingerprint density at radius 2 is 1.78 bits per heavy atom. The third-order valence-electron chi connectivity index (χ3n) is 5.42. The Labute approximate surface area is 194 Å². The number of rotatable bonds is 8. The molecule has 6 nitrogen and oxygen atoms in total. The monoisotopic (exact) mass is 451 g/mol. The van der Waals surface area contributed by atoms with Crippen LogP contribution in [-0.2, 0) is 20.7 Å². The molecule has 1 atom stereocenters. The molecule has 7 heteroatoms. The van der Waals surface area contributed by atoms with Gasteiger partial charge in [0.2, 0.25) is 5.91 Å². The minimum absolute atomic E-state index is 0.0416. The first-order chi connectivity index (χ1) is 15.4. The predicted molar refractivity (Wildman–Crippen MR) is 130 cm³/mol. The van der Waals surface area contributed by atoms with Crippen LogP contribution in [0.4, 0.5) is 5.69 Å². The van der Waals surface area contributed by atoms with E-state index in [2.05, 4.69) is 10.6 Å². The Hall–Kier alpha value is -3.19. The van der Waals surface area contributed by atoms with Crippen molar-refractivity contribution in [3.63, 3.8) is 0 Å². The molecule has 0 aromatic heterocycles. The molecule has 3 rings (SSSR count). The summed E-state index contributed by atoms with van der Waals surface area (Å²) in [4.78, 5) is 26.9. The van der Waals surface area contributed by atoms with E-state index >= 15 is 0 Å². The summed E-state index contributed by atoms with van der Waals surface area (Å²) in [5.41, 5.74) is 4.04. The van der Waals surface area contributed by atoms with E-state index in [1.165, 1.54) is 0 Å². The van der Waals surface area contributed by atoms with Gasteiger partial charge in [-0.25, -0.2) is 4.79 Å². The smallest absolute Gasteiger partial charge is 0.338 e. The molecule has 2 N–H and O–H groups in total. The first-order valence-corrected chi connectivity index (χ1v) is 11.2. The Kier molecular flexibility index (Phi) is 8.00. The topological polar surface area (TPSA) is 70.7 Å². The summed E-state index contributed by atoms with van der Waals surface area (Å²) in [6, 6.07) is 17.0. The lowest BCUT2D eigenvalue weighted by Crippen LogP contribution is -2.47. The molecular weight excluding hydrogens is 422 g/mol. The predicted octanol–water partition coefficient (Wildman–Crippen LogP) is 4.35. The molecule has 2 aromatic carbocycles. The third kappa shape index (κ3) is 5.53. The number of thiocarbonyl (C=S) groups is 1. The highest BCUT2D eigenvalue weighted by Crippen LogP contribution is 2.32. The number of amides is 1. The minimum atomic E-state index is -0.410. The highest BCUT2D eigenvalue weighted by molar-refractivity contribution is 7.80. The van der Waals surface area contributed by atoms with Crippen LogP contribution in [0.3, 0.4) is 0 Å². The molecule has 0 saturated carbocycles. The Balaban J connectivity index is 1.73. The maximum atomic E-state index is 12.7. The number of esters is 1. The van der Waals surface area contributed by atoms with Crippen molar-refractivity contribution in [2.75, 3.05) is 18.5 Å². The van der Waals surface area contributed by atoms with Crippen LogP contribution in [0.1, 0.15) is 44.4 Å². The molecule has 0 radical (unpaired) electrons. The van der Waals surface area contributed by atoms with Gasteiger partial charge in [0.25, 0.3) is 0 Å². The number of allylic oxidation sites excluding steroid dienone is 1. The van der Waals surface area contributed by atoms with Crippen molar-refractivity contribution in [3.05, 3.63) is 77.0 Å².